The Morgan fingerprint density at radius 1 is 1.33 bits per heavy atom. The Morgan fingerprint density at radius 2 is 2.10 bits per heavy atom. The van der Waals surface area contributed by atoms with Gasteiger partial charge in [0.25, 0.3) is 0 Å². The molecule has 0 N–H and O–H groups in total. The lowest BCUT2D eigenvalue weighted by molar-refractivity contribution is -0.149. The summed E-state index contributed by atoms with van der Waals surface area (Å²) in [6.45, 7) is 0. The van der Waals surface area contributed by atoms with Gasteiger partial charge in [-0.2, -0.15) is 0 Å². The van der Waals surface area contributed by atoms with Crippen molar-refractivity contribution < 1.29 is 18.5 Å². The molecule has 3 unspecified atom stereocenters. The van der Waals surface area contributed by atoms with Crippen molar-refractivity contribution in [3.63, 3.8) is 0 Å². The zero-order valence-electron chi connectivity index (χ0n) is 11.9. The number of benzene rings is 1. The fourth-order valence-corrected chi connectivity index (χ4v) is 4.40. The number of rotatable bonds is 3. The molecule has 0 radical (unpaired) electrons. The Kier molecular flexibility index (Phi) is 4.10. The summed E-state index contributed by atoms with van der Waals surface area (Å²) in [5.41, 5.74) is 0. The summed E-state index contributed by atoms with van der Waals surface area (Å²) < 4.78 is 23.3. The fourth-order valence-electron chi connectivity index (χ4n) is 2.98. The Balaban J connectivity index is 1.90. The minimum absolute atomic E-state index is 0.200. The molecule has 21 heavy (non-hydrogen) atoms. The normalized spacial score (nSPS) is 26.0. The minimum Gasteiger partial charge on any atom is -0.482 e. The summed E-state index contributed by atoms with van der Waals surface area (Å²) in [6.07, 6.45) is 2.83. The topological polar surface area (TPSA) is 52.6 Å². The molecule has 1 fully saturated rings. The summed E-state index contributed by atoms with van der Waals surface area (Å²) in [4.78, 5) is 13.3. The smallest absolute Gasteiger partial charge is 0.347 e. The Labute approximate surface area is 126 Å². The molecule has 1 aromatic carbocycles. The van der Waals surface area contributed by atoms with Crippen LogP contribution in [0.2, 0.25) is 0 Å². The van der Waals surface area contributed by atoms with Gasteiger partial charge in [0.2, 0.25) is 0 Å². The van der Waals surface area contributed by atoms with Gasteiger partial charge in [0.1, 0.15) is 5.76 Å². The van der Waals surface area contributed by atoms with E-state index in [9.17, 15) is 9.00 Å². The van der Waals surface area contributed by atoms with Gasteiger partial charge in [0.15, 0.2) is 6.10 Å². The van der Waals surface area contributed by atoms with E-state index in [1.54, 1.807) is 0 Å². The predicted molar refractivity (Wildman–Crippen MR) is 78.7 cm³/mol. The van der Waals surface area contributed by atoms with Crippen molar-refractivity contribution in [3.8, 4) is 0 Å². The first-order valence-electron chi connectivity index (χ1n) is 7.15. The zero-order chi connectivity index (χ0) is 14.8. The second-order valence-electron chi connectivity index (χ2n) is 5.32. The molecule has 0 aromatic heterocycles. The molecule has 0 bridgehead atoms. The molecule has 3 atom stereocenters. The highest BCUT2D eigenvalue weighted by atomic mass is 32.2. The van der Waals surface area contributed by atoms with Crippen LogP contribution in [0.5, 0.6) is 0 Å². The van der Waals surface area contributed by atoms with E-state index in [1.165, 1.54) is 7.11 Å². The SMILES string of the molecule is COC(=O)C1CC2CCCC(S(=O)c3ccccc3)=C2O1. The third-order valence-corrected chi connectivity index (χ3v) is 5.57. The van der Waals surface area contributed by atoms with Gasteiger partial charge in [-0.25, -0.2) is 9.00 Å². The summed E-state index contributed by atoms with van der Waals surface area (Å²) in [7, 11) is 0.158. The average Bonchev–Trinajstić information content (AvgIpc) is 2.98. The van der Waals surface area contributed by atoms with E-state index in [1.807, 2.05) is 30.3 Å². The zero-order valence-corrected chi connectivity index (χ0v) is 12.7. The lowest BCUT2D eigenvalue weighted by Gasteiger charge is -2.20. The molecular formula is C16H18O4S. The second-order valence-corrected chi connectivity index (χ2v) is 6.83. The molecule has 1 aliphatic heterocycles. The van der Waals surface area contributed by atoms with Crippen LogP contribution in [-0.4, -0.2) is 23.4 Å². The van der Waals surface area contributed by atoms with Crippen molar-refractivity contribution >= 4 is 16.8 Å². The molecular weight excluding hydrogens is 288 g/mol. The molecule has 1 saturated heterocycles. The first-order valence-corrected chi connectivity index (χ1v) is 8.30. The lowest BCUT2D eigenvalue weighted by Crippen LogP contribution is -2.20. The van der Waals surface area contributed by atoms with Gasteiger partial charge in [-0.05, 0) is 31.4 Å². The third-order valence-electron chi connectivity index (χ3n) is 4.02. The highest BCUT2D eigenvalue weighted by Gasteiger charge is 2.40. The quantitative estimate of drug-likeness (QED) is 0.806. The molecule has 0 spiro atoms. The van der Waals surface area contributed by atoms with Crippen LogP contribution < -0.4 is 0 Å². The maximum absolute atomic E-state index is 12.7. The number of hydrogen-bond acceptors (Lipinski definition) is 4. The van der Waals surface area contributed by atoms with E-state index in [0.717, 1.165) is 34.8 Å². The van der Waals surface area contributed by atoms with Crippen molar-refractivity contribution in [1.82, 2.24) is 0 Å². The van der Waals surface area contributed by atoms with E-state index < -0.39 is 16.9 Å². The number of carbonyl (C=O) groups excluding carboxylic acids is 1. The first-order chi connectivity index (χ1) is 10.2. The molecule has 4 nitrogen and oxygen atoms in total. The largest absolute Gasteiger partial charge is 0.482 e. The van der Waals surface area contributed by atoms with Crippen LogP contribution in [0.1, 0.15) is 25.7 Å². The number of esters is 1. The monoisotopic (exact) mass is 306 g/mol. The molecule has 1 heterocycles. The van der Waals surface area contributed by atoms with Crippen LogP contribution in [0, 0.1) is 5.92 Å². The van der Waals surface area contributed by atoms with Crippen LogP contribution >= 0.6 is 0 Å². The molecule has 0 amide bonds. The summed E-state index contributed by atoms with van der Waals surface area (Å²) in [5, 5.41) is 0. The predicted octanol–water partition coefficient (Wildman–Crippen LogP) is 2.77. The number of carbonyl (C=O) groups is 1. The first kappa shape index (κ1) is 14.3. The standard InChI is InChI=1S/C16H18O4S/c1-19-16(17)13-10-11-6-5-9-14(15(11)20-13)21(18)12-7-3-2-4-8-12/h2-4,7-8,11,13H,5-6,9-10H2,1H3. The van der Waals surface area contributed by atoms with Crippen molar-refractivity contribution in [2.24, 2.45) is 5.92 Å². The fraction of sp³-hybridized carbons (Fsp3) is 0.438. The Morgan fingerprint density at radius 3 is 2.81 bits per heavy atom. The number of ether oxygens (including phenoxy) is 2. The van der Waals surface area contributed by atoms with Gasteiger partial charge < -0.3 is 9.47 Å². The van der Waals surface area contributed by atoms with Crippen molar-refractivity contribution in [2.45, 2.75) is 36.7 Å². The van der Waals surface area contributed by atoms with Crippen molar-refractivity contribution in [3.05, 3.63) is 41.0 Å². The Hall–Kier alpha value is -1.62. The maximum Gasteiger partial charge on any atom is 0.347 e. The van der Waals surface area contributed by atoms with Gasteiger partial charge in [0, 0.05) is 17.2 Å². The molecule has 1 aliphatic carbocycles. The van der Waals surface area contributed by atoms with Crippen LogP contribution in [-0.2, 0) is 25.1 Å². The van der Waals surface area contributed by atoms with Gasteiger partial charge in [0.05, 0.1) is 22.8 Å². The third kappa shape index (κ3) is 2.75. The molecule has 1 aromatic rings. The van der Waals surface area contributed by atoms with Gasteiger partial charge >= 0.3 is 5.97 Å². The summed E-state index contributed by atoms with van der Waals surface area (Å²) >= 11 is 0. The average molecular weight is 306 g/mol. The highest BCUT2D eigenvalue weighted by Crippen LogP contribution is 2.42. The number of methoxy groups -OCH3 is 1. The molecule has 0 saturated carbocycles. The summed E-state index contributed by atoms with van der Waals surface area (Å²) in [6, 6.07) is 9.39. The highest BCUT2D eigenvalue weighted by molar-refractivity contribution is 7.89. The Bertz CT molecular complexity index is 594. The van der Waals surface area contributed by atoms with Gasteiger partial charge in [-0.15, -0.1) is 0 Å². The van der Waals surface area contributed by atoms with Crippen LogP contribution in [0.25, 0.3) is 0 Å². The number of hydrogen-bond donors (Lipinski definition) is 0. The molecule has 2 aliphatic rings. The molecule has 112 valence electrons. The maximum atomic E-state index is 12.7. The number of allylic oxidation sites excluding steroid dienone is 2. The van der Waals surface area contributed by atoms with E-state index in [-0.39, 0.29) is 11.9 Å². The molecule has 5 heteroatoms. The van der Waals surface area contributed by atoms with Crippen LogP contribution in [0.4, 0.5) is 0 Å². The van der Waals surface area contributed by atoms with E-state index in [4.69, 9.17) is 9.47 Å². The van der Waals surface area contributed by atoms with Crippen molar-refractivity contribution in [2.75, 3.05) is 7.11 Å². The van der Waals surface area contributed by atoms with E-state index >= 15 is 0 Å². The molecule has 3 rings (SSSR count). The van der Waals surface area contributed by atoms with E-state index in [0.29, 0.717) is 6.42 Å². The van der Waals surface area contributed by atoms with Gasteiger partial charge in [-0.3, -0.25) is 0 Å². The van der Waals surface area contributed by atoms with Crippen molar-refractivity contribution in [1.29, 1.82) is 0 Å². The second kappa shape index (κ2) is 6.02. The van der Waals surface area contributed by atoms with Crippen LogP contribution in [0.15, 0.2) is 45.9 Å². The number of fused-ring (bicyclic) bond motifs is 1. The van der Waals surface area contributed by atoms with E-state index in [2.05, 4.69) is 0 Å². The lowest BCUT2D eigenvalue weighted by atomic mass is 9.91. The summed E-state index contributed by atoms with van der Waals surface area (Å²) in [5.74, 6) is 0.617. The minimum atomic E-state index is -1.21. The van der Waals surface area contributed by atoms with Crippen LogP contribution in [0.3, 0.4) is 0 Å². The van der Waals surface area contributed by atoms with Gasteiger partial charge in [-0.1, -0.05) is 18.2 Å².